The zero-order valence-corrected chi connectivity index (χ0v) is 22.9. The molecule has 0 radical (unpaired) electrons. The van der Waals surface area contributed by atoms with Crippen LogP contribution in [0, 0.1) is 0 Å². The average molecular weight is 525 g/mol. The van der Waals surface area contributed by atoms with E-state index in [1.54, 1.807) is 27.7 Å². The molecule has 1 aliphatic rings. The molecule has 0 amide bonds. The molecule has 0 aromatic heterocycles. The maximum atomic E-state index is 12.0. The summed E-state index contributed by atoms with van der Waals surface area (Å²) in [5.41, 5.74) is 10.4. The molecule has 1 aliphatic carbocycles. The van der Waals surface area contributed by atoms with Gasteiger partial charge in [0.05, 0.1) is 0 Å². The molecular formula is C36H28O4. The topological polar surface area (TPSA) is 68.3 Å². The maximum Gasteiger partial charge on any atom is 0.159 e. The van der Waals surface area contributed by atoms with Crippen LogP contribution < -0.4 is 0 Å². The summed E-state index contributed by atoms with van der Waals surface area (Å²) in [4.78, 5) is 47.9. The monoisotopic (exact) mass is 524 g/mol. The van der Waals surface area contributed by atoms with Crippen LogP contribution in [0.2, 0.25) is 0 Å². The van der Waals surface area contributed by atoms with E-state index in [2.05, 4.69) is 0 Å². The van der Waals surface area contributed by atoms with Crippen molar-refractivity contribution in [2.24, 2.45) is 0 Å². The largest absolute Gasteiger partial charge is 0.295 e. The van der Waals surface area contributed by atoms with Crippen molar-refractivity contribution in [3.05, 3.63) is 142 Å². The zero-order chi connectivity index (χ0) is 28.6. The number of Topliss-reactive ketones (excluding diaryl/α,β-unsaturated/α-hetero) is 4. The van der Waals surface area contributed by atoms with E-state index in [9.17, 15) is 19.2 Å². The fourth-order valence-corrected chi connectivity index (χ4v) is 5.08. The van der Waals surface area contributed by atoms with Gasteiger partial charge in [-0.05, 0) is 72.2 Å². The predicted molar refractivity (Wildman–Crippen MR) is 159 cm³/mol. The van der Waals surface area contributed by atoms with E-state index in [1.807, 2.05) is 97.1 Å². The van der Waals surface area contributed by atoms with Crippen molar-refractivity contribution in [1.29, 1.82) is 0 Å². The number of benzene rings is 4. The molecule has 4 aromatic rings. The number of hydrogen-bond acceptors (Lipinski definition) is 4. The first-order chi connectivity index (χ1) is 19.2. The van der Waals surface area contributed by atoms with Gasteiger partial charge in [-0.3, -0.25) is 19.2 Å². The van der Waals surface area contributed by atoms with Crippen molar-refractivity contribution >= 4 is 45.4 Å². The summed E-state index contributed by atoms with van der Waals surface area (Å²) in [5.74, 6) is -0.0147. The minimum absolute atomic E-state index is 0.00368. The van der Waals surface area contributed by atoms with Gasteiger partial charge in [0.15, 0.2) is 23.1 Å². The molecule has 0 fully saturated rings. The van der Waals surface area contributed by atoms with Gasteiger partial charge in [0.2, 0.25) is 0 Å². The van der Waals surface area contributed by atoms with Crippen LogP contribution in [0.5, 0.6) is 0 Å². The second kappa shape index (κ2) is 10.7. The fourth-order valence-electron chi connectivity index (χ4n) is 5.08. The number of hydrogen-bond donors (Lipinski definition) is 0. The number of carbonyl (C=O) groups is 4. The van der Waals surface area contributed by atoms with Gasteiger partial charge in [-0.1, -0.05) is 97.1 Å². The predicted octanol–water partition coefficient (Wildman–Crippen LogP) is 8.03. The molecule has 196 valence electrons. The summed E-state index contributed by atoms with van der Waals surface area (Å²) in [6.45, 7) is 6.18. The van der Waals surface area contributed by atoms with Gasteiger partial charge in [-0.2, -0.15) is 0 Å². The molecule has 0 saturated heterocycles. The second-order valence-corrected chi connectivity index (χ2v) is 10.0. The third kappa shape index (κ3) is 4.92. The Bertz CT molecular complexity index is 1450. The fraction of sp³-hybridized carbons (Fsp3) is 0.111. The second-order valence-electron chi connectivity index (χ2n) is 10.0. The molecule has 0 spiro atoms. The number of carbonyl (C=O) groups excluding carboxylic acids is 4. The number of ketones is 4. The Hall–Kier alpha value is -4.96. The first kappa shape index (κ1) is 26.6. The van der Waals surface area contributed by atoms with Crippen molar-refractivity contribution in [3.8, 4) is 0 Å². The lowest BCUT2D eigenvalue weighted by atomic mass is 9.69. The Kier molecular flexibility index (Phi) is 7.10. The Balaban J connectivity index is 1.76. The highest BCUT2D eigenvalue weighted by atomic mass is 16.1. The van der Waals surface area contributed by atoms with Crippen LogP contribution in [0.15, 0.2) is 97.1 Å². The molecule has 5 rings (SSSR count). The molecule has 0 atom stereocenters. The molecule has 0 unspecified atom stereocenters. The van der Waals surface area contributed by atoms with Crippen LogP contribution in [0.3, 0.4) is 0 Å². The highest BCUT2D eigenvalue weighted by Crippen LogP contribution is 2.56. The minimum atomic E-state index is -0.00368. The van der Waals surface area contributed by atoms with E-state index in [0.717, 1.165) is 44.5 Å². The third-order valence-electron chi connectivity index (χ3n) is 7.32. The molecule has 0 aliphatic heterocycles. The standard InChI is InChI=1S/C36H28O4/c1-21(37)25-5-13-29(14-6-25)33-34(30-15-7-26(8-16-30)22(2)38)36(32-19-11-28(12-20-32)24(4)40)35(33)31-17-9-27(10-18-31)23(3)39/h5-20H,1-4H3. The maximum absolute atomic E-state index is 12.0. The van der Waals surface area contributed by atoms with Crippen LogP contribution in [0.4, 0.5) is 0 Å². The first-order valence-electron chi connectivity index (χ1n) is 13.1. The molecule has 0 saturated carbocycles. The normalized spacial score (nSPS) is 12.7. The Morgan fingerprint density at radius 3 is 0.575 bits per heavy atom. The van der Waals surface area contributed by atoms with Crippen LogP contribution in [0.25, 0.3) is 22.3 Å². The minimum Gasteiger partial charge on any atom is -0.295 e. The molecule has 0 N–H and O–H groups in total. The third-order valence-corrected chi connectivity index (χ3v) is 7.32. The van der Waals surface area contributed by atoms with Crippen molar-refractivity contribution in [2.45, 2.75) is 27.7 Å². The van der Waals surface area contributed by atoms with Crippen LogP contribution in [-0.4, -0.2) is 23.1 Å². The van der Waals surface area contributed by atoms with Gasteiger partial charge in [0.1, 0.15) is 0 Å². The quantitative estimate of drug-likeness (QED) is 0.219. The lowest BCUT2D eigenvalue weighted by molar-refractivity contribution is 0.100. The van der Waals surface area contributed by atoms with Gasteiger partial charge in [-0.15, -0.1) is 0 Å². The van der Waals surface area contributed by atoms with Gasteiger partial charge < -0.3 is 0 Å². The van der Waals surface area contributed by atoms with Gasteiger partial charge in [0, 0.05) is 22.3 Å². The molecule has 0 bridgehead atoms. The van der Waals surface area contributed by atoms with E-state index >= 15 is 0 Å². The molecule has 0 heterocycles. The Morgan fingerprint density at radius 2 is 0.450 bits per heavy atom. The van der Waals surface area contributed by atoms with Gasteiger partial charge in [-0.25, -0.2) is 0 Å². The van der Waals surface area contributed by atoms with E-state index < -0.39 is 0 Å². The van der Waals surface area contributed by atoms with Gasteiger partial charge >= 0.3 is 0 Å². The highest BCUT2D eigenvalue weighted by molar-refractivity contribution is 6.43. The Labute approximate surface area is 233 Å². The summed E-state index contributed by atoms with van der Waals surface area (Å²) >= 11 is 0. The smallest absolute Gasteiger partial charge is 0.159 e. The summed E-state index contributed by atoms with van der Waals surface area (Å²) in [6, 6.07) is 30.3. The van der Waals surface area contributed by atoms with E-state index in [-0.39, 0.29) is 23.1 Å². The number of rotatable bonds is 8. The summed E-state index contributed by atoms with van der Waals surface area (Å²) in [6.07, 6.45) is 0. The molecule has 4 nitrogen and oxygen atoms in total. The summed E-state index contributed by atoms with van der Waals surface area (Å²) in [5, 5.41) is 0. The summed E-state index contributed by atoms with van der Waals surface area (Å²) < 4.78 is 0. The molecule has 4 heteroatoms. The van der Waals surface area contributed by atoms with Crippen LogP contribution in [0.1, 0.15) is 91.4 Å². The first-order valence-corrected chi connectivity index (χ1v) is 13.1. The van der Waals surface area contributed by atoms with E-state index in [4.69, 9.17) is 0 Å². The van der Waals surface area contributed by atoms with Crippen molar-refractivity contribution in [1.82, 2.24) is 0 Å². The zero-order valence-electron chi connectivity index (χ0n) is 22.9. The van der Waals surface area contributed by atoms with Crippen molar-refractivity contribution in [2.75, 3.05) is 0 Å². The van der Waals surface area contributed by atoms with Crippen molar-refractivity contribution in [3.63, 3.8) is 0 Å². The molecule has 4 aromatic carbocycles. The lowest BCUT2D eigenvalue weighted by Gasteiger charge is -2.33. The highest BCUT2D eigenvalue weighted by Gasteiger charge is 2.33. The van der Waals surface area contributed by atoms with Crippen LogP contribution in [-0.2, 0) is 0 Å². The SMILES string of the molecule is CC(=O)c1ccc(C2=C(c3ccc(C(C)=O)cc3)C(c3ccc(C(C)=O)cc3)=C2c2ccc(C(C)=O)cc2)cc1. The average Bonchev–Trinajstić information content (AvgIpc) is 2.93. The molecule has 40 heavy (non-hydrogen) atoms. The number of allylic oxidation sites excluding steroid dienone is 4. The lowest BCUT2D eigenvalue weighted by Crippen LogP contribution is -2.11. The van der Waals surface area contributed by atoms with Gasteiger partial charge in [0.25, 0.3) is 0 Å². The molecular weight excluding hydrogens is 496 g/mol. The summed E-state index contributed by atoms with van der Waals surface area (Å²) in [7, 11) is 0. The Morgan fingerprint density at radius 1 is 0.300 bits per heavy atom. The van der Waals surface area contributed by atoms with E-state index in [0.29, 0.717) is 22.3 Å². The van der Waals surface area contributed by atoms with Crippen molar-refractivity contribution < 1.29 is 19.2 Å². The van der Waals surface area contributed by atoms with Crippen LogP contribution >= 0.6 is 0 Å². The van der Waals surface area contributed by atoms with E-state index in [1.165, 1.54) is 0 Å².